The topological polar surface area (TPSA) is 162 Å². The number of ether oxygens (including phenoxy) is 3. The van der Waals surface area contributed by atoms with Crippen molar-refractivity contribution in [1.82, 2.24) is 34.9 Å². The molecule has 0 bridgehead atoms. The molecule has 0 unspecified atom stereocenters. The number of hydrogen-bond acceptors (Lipinski definition) is 9. The normalized spacial score (nSPS) is 20.7. The van der Waals surface area contributed by atoms with E-state index in [2.05, 4.69) is 32.2 Å². The summed E-state index contributed by atoms with van der Waals surface area (Å²) in [6.45, 7) is 16.4. The van der Waals surface area contributed by atoms with Gasteiger partial charge >= 0.3 is 24.6 Å². The lowest BCUT2D eigenvalue weighted by Gasteiger charge is -2.46. The number of anilines is 1. The molecule has 4 atom stereocenters. The number of amides is 5. The maximum Gasteiger partial charge on any atom is 0.573 e. The summed E-state index contributed by atoms with van der Waals surface area (Å²) in [5.41, 5.74) is 1.03. The molecule has 6 rings (SSSR count). The number of aromatic amines is 1. The Morgan fingerprint density at radius 2 is 1.60 bits per heavy atom. The van der Waals surface area contributed by atoms with E-state index in [1.807, 2.05) is 41.5 Å². The number of nitrogens with zero attached hydrogens (tertiary/aromatic N) is 5. The molecule has 3 aliphatic heterocycles. The average Bonchev–Trinajstić information content (AvgIpc) is 3.86. The van der Waals surface area contributed by atoms with Crippen molar-refractivity contribution in [3.05, 3.63) is 53.4 Å². The second-order valence-corrected chi connectivity index (χ2v) is 18.4. The van der Waals surface area contributed by atoms with Gasteiger partial charge in [-0.1, -0.05) is 56.6 Å². The van der Waals surface area contributed by atoms with Crippen LogP contribution in [-0.2, 0) is 14.3 Å². The zero-order valence-electron chi connectivity index (χ0n) is 37.0. The van der Waals surface area contributed by atoms with Crippen molar-refractivity contribution in [3.8, 4) is 28.1 Å². The molecule has 15 nitrogen and oxygen atoms in total. The van der Waals surface area contributed by atoms with E-state index >= 15 is 0 Å². The van der Waals surface area contributed by atoms with E-state index in [0.29, 0.717) is 81.2 Å². The number of alkyl carbamates (subject to hydrolysis) is 1. The molecule has 2 aromatic carbocycles. The number of imidazole rings is 1. The van der Waals surface area contributed by atoms with Crippen LogP contribution in [0.25, 0.3) is 22.4 Å². The number of alkyl halides is 3. The number of piperidine rings is 1. The maximum atomic E-state index is 13.8. The number of urea groups is 1. The molecule has 3 saturated heterocycles. The molecular formula is C44H58ClF3N8O7. The molecule has 3 aliphatic rings. The highest BCUT2D eigenvalue weighted by molar-refractivity contribution is 6.34. The van der Waals surface area contributed by atoms with Crippen molar-refractivity contribution < 1.29 is 46.6 Å². The van der Waals surface area contributed by atoms with Gasteiger partial charge in [-0.15, -0.1) is 13.2 Å². The Hall–Kier alpha value is -5.23. The van der Waals surface area contributed by atoms with Crippen molar-refractivity contribution in [1.29, 1.82) is 0 Å². The summed E-state index contributed by atoms with van der Waals surface area (Å²) < 4.78 is 56.2. The first kappa shape index (κ1) is 47.3. The fourth-order valence-electron chi connectivity index (χ4n) is 8.59. The number of piperazine rings is 1. The molecule has 1 aromatic heterocycles. The molecule has 4 heterocycles. The van der Waals surface area contributed by atoms with E-state index in [0.717, 1.165) is 6.07 Å². The second-order valence-electron chi connectivity index (χ2n) is 18.0. The Morgan fingerprint density at radius 3 is 2.21 bits per heavy atom. The van der Waals surface area contributed by atoms with Crippen LogP contribution in [0.5, 0.6) is 5.75 Å². The minimum absolute atomic E-state index is 0.0202. The highest BCUT2D eigenvalue weighted by Gasteiger charge is 2.41. The predicted octanol–water partition coefficient (Wildman–Crippen LogP) is 8.52. The van der Waals surface area contributed by atoms with Gasteiger partial charge in [0.1, 0.15) is 23.2 Å². The number of H-pyrrole nitrogens is 1. The van der Waals surface area contributed by atoms with Crippen LogP contribution >= 0.6 is 11.6 Å². The summed E-state index contributed by atoms with van der Waals surface area (Å²) in [6, 6.07) is 7.69. The highest BCUT2D eigenvalue weighted by atomic mass is 35.5. The zero-order chi connectivity index (χ0) is 46.0. The van der Waals surface area contributed by atoms with Gasteiger partial charge in [0.25, 0.3) is 0 Å². The lowest BCUT2D eigenvalue weighted by Crippen LogP contribution is -2.59. The molecule has 3 aromatic rings. The number of rotatable bonds is 9. The van der Waals surface area contributed by atoms with Crippen molar-refractivity contribution in [2.24, 2.45) is 11.8 Å². The van der Waals surface area contributed by atoms with Crippen LogP contribution in [0.1, 0.15) is 79.6 Å². The molecule has 3 N–H and O–H groups in total. The Kier molecular flexibility index (Phi) is 14.4. The van der Waals surface area contributed by atoms with Gasteiger partial charge in [0.05, 0.1) is 29.6 Å². The first-order chi connectivity index (χ1) is 29.6. The summed E-state index contributed by atoms with van der Waals surface area (Å²) in [5, 5.41) is 5.36. The Morgan fingerprint density at radius 1 is 0.937 bits per heavy atom. The van der Waals surface area contributed by atoms with E-state index < -0.39 is 35.9 Å². The quantitative estimate of drug-likeness (QED) is 0.191. The molecule has 344 valence electrons. The van der Waals surface area contributed by atoms with Crippen molar-refractivity contribution in [2.45, 2.75) is 104 Å². The fourth-order valence-corrected chi connectivity index (χ4v) is 8.80. The van der Waals surface area contributed by atoms with Crippen molar-refractivity contribution >= 4 is 41.4 Å². The van der Waals surface area contributed by atoms with Gasteiger partial charge in [0.15, 0.2) is 0 Å². The van der Waals surface area contributed by atoms with Gasteiger partial charge in [0.2, 0.25) is 5.91 Å². The van der Waals surface area contributed by atoms with Crippen molar-refractivity contribution in [3.63, 3.8) is 0 Å². The van der Waals surface area contributed by atoms with E-state index in [-0.39, 0.29) is 58.2 Å². The summed E-state index contributed by atoms with van der Waals surface area (Å²) in [4.78, 5) is 67.2. The van der Waals surface area contributed by atoms with Gasteiger partial charge in [0, 0.05) is 74.7 Å². The number of nitrogens with one attached hydrogen (secondary N) is 3. The van der Waals surface area contributed by atoms with Crippen LogP contribution in [0.4, 0.5) is 33.2 Å². The molecule has 5 amide bonds. The lowest BCUT2D eigenvalue weighted by atomic mass is 10.00. The second kappa shape index (κ2) is 19.3. The lowest BCUT2D eigenvalue weighted by molar-refractivity contribution is -0.274. The van der Waals surface area contributed by atoms with Crippen molar-refractivity contribution in [2.75, 3.05) is 51.7 Å². The molecule has 0 radical (unpaired) electrons. The molecule has 0 saturated carbocycles. The summed E-state index contributed by atoms with van der Waals surface area (Å²) in [7, 11) is 1.24. The third kappa shape index (κ3) is 11.7. The Labute approximate surface area is 370 Å². The van der Waals surface area contributed by atoms with E-state index in [4.69, 9.17) is 26.1 Å². The Bertz CT molecular complexity index is 2120. The predicted molar refractivity (Wildman–Crippen MR) is 231 cm³/mol. The minimum atomic E-state index is -5.04. The third-order valence-electron chi connectivity index (χ3n) is 11.7. The minimum Gasteiger partial charge on any atom is -0.453 e. The van der Waals surface area contributed by atoms with Gasteiger partial charge in [-0.05, 0) is 70.4 Å². The number of likely N-dealkylation sites (tertiary alicyclic amines) is 2. The number of aromatic nitrogens is 2. The van der Waals surface area contributed by atoms with E-state index in [9.17, 15) is 32.3 Å². The smallest absolute Gasteiger partial charge is 0.453 e. The third-order valence-corrected chi connectivity index (χ3v) is 12.0. The average molecular weight is 903 g/mol. The van der Waals surface area contributed by atoms with E-state index in [1.54, 1.807) is 45.2 Å². The van der Waals surface area contributed by atoms with Crippen LogP contribution in [0.2, 0.25) is 5.02 Å². The number of benzene rings is 2. The van der Waals surface area contributed by atoms with E-state index in [1.165, 1.54) is 13.2 Å². The van der Waals surface area contributed by atoms with Crippen LogP contribution < -0.4 is 15.4 Å². The number of carbonyl (C=O) groups is 4. The zero-order valence-corrected chi connectivity index (χ0v) is 37.7. The summed E-state index contributed by atoms with van der Waals surface area (Å²) >= 11 is 6.64. The molecule has 19 heteroatoms. The van der Waals surface area contributed by atoms with Gasteiger partial charge < -0.3 is 44.5 Å². The fraction of sp³-hybridized carbons (Fsp3) is 0.568. The summed E-state index contributed by atoms with van der Waals surface area (Å²) in [5.74, 6) is -0.250. The first-order valence-electron chi connectivity index (χ1n) is 21.3. The first-order valence-corrected chi connectivity index (χ1v) is 21.7. The van der Waals surface area contributed by atoms with Gasteiger partial charge in [-0.2, -0.15) is 0 Å². The SMILES string of the molecule is COC(=O)N[C@H](C(=O)N1C[C@@H](C)C[C@H]1c1nc(-c2ccc(-c3cc(Cl)c(NC(=O)N4CCC(N5CCN(C(=O)OC(C)(C)C)C[C@@H]5C)CC4)cc3OC(F)(F)F)cc2)c[nH]1)C(C)C. The molecule has 63 heavy (non-hydrogen) atoms. The molecule has 0 spiro atoms. The number of hydrogen-bond donors (Lipinski definition) is 3. The number of halogens is 4. The number of carbonyl (C=O) groups excluding carboxylic acids is 4. The molecule has 3 fully saturated rings. The summed E-state index contributed by atoms with van der Waals surface area (Å²) in [6.07, 6.45) is -2.35. The van der Waals surface area contributed by atoms with Crippen LogP contribution in [-0.4, -0.2) is 130 Å². The molecule has 0 aliphatic carbocycles. The standard InChI is InChI=1S/C44H58ClF3N8O7/c1-25(2)37(52-41(59)61-8)39(57)56-23-26(3)19-35(56)38-49-22-34(50-38)29-11-9-28(10-12-29)31-20-32(45)33(21-36(31)62-44(46,47)48)51-40(58)53-15-13-30(14-16-53)55-18-17-54(24-27(55)4)42(60)63-43(5,6)7/h9-12,20-22,25-27,30,35,37H,13-19,23-24H2,1-8H3,(H,49,50)(H,51,58)(H,52,59)/t26-,27-,35-,37-/m0/s1. The van der Waals surface area contributed by atoms with Crippen LogP contribution in [0.15, 0.2) is 42.6 Å². The highest BCUT2D eigenvalue weighted by Crippen LogP contribution is 2.41. The maximum absolute atomic E-state index is 13.8. The van der Waals surface area contributed by atoms with Gasteiger partial charge in [-0.25, -0.2) is 19.4 Å². The number of methoxy groups -OCH3 is 1. The monoisotopic (exact) mass is 902 g/mol. The van der Waals surface area contributed by atoms with Gasteiger partial charge in [-0.3, -0.25) is 9.69 Å². The molecular weight excluding hydrogens is 845 g/mol. The Balaban J connectivity index is 1.11. The van der Waals surface area contributed by atoms with Crippen LogP contribution in [0, 0.1) is 11.8 Å². The van der Waals surface area contributed by atoms with Crippen LogP contribution in [0.3, 0.4) is 0 Å². The largest absolute Gasteiger partial charge is 0.573 e.